The van der Waals surface area contributed by atoms with Crippen molar-refractivity contribution in [3.05, 3.63) is 89.2 Å². The lowest BCUT2D eigenvalue weighted by Crippen LogP contribution is -2.12. The van der Waals surface area contributed by atoms with Gasteiger partial charge in [-0.3, -0.25) is 4.79 Å². The maximum absolute atomic E-state index is 13.7. The summed E-state index contributed by atoms with van der Waals surface area (Å²) < 4.78 is 13.7. The Morgan fingerprint density at radius 2 is 1.52 bits per heavy atom. The van der Waals surface area contributed by atoms with Gasteiger partial charge in [-0.05, 0) is 41.5 Å². The van der Waals surface area contributed by atoms with Crippen molar-refractivity contribution in [2.24, 2.45) is 0 Å². The summed E-state index contributed by atoms with van der Waals surface area (Å²) in [5, 5.41) is 2.83. The molecule has 0 heterocycles. The average molecular weight is 326 g/mol. The number of carbonyl (C=O) groups excluding carboxylic acids is 1. The number of rotatable bonds is 3. The quantitative estimate of drug-likeness (QED) is 0.686. The second kappa shape index (κ2) is 6.63. The molecule has 0 saturated carbocycles. The fourth-order valence-electron chi connectivity index (χ4n) is 2.23. The average Bonchev–Trinajstić information content (AvgIpc) is 2.58. The molecule has 0 aliphatic heterocycles. The minimum absolute atomic E-state index is 0.103. The van der Waals surface area contributed by atoms with Crippen molar-refractivity contribution in [1.82, 2.24) is 0 Å². The van der Waals surface area contributed by atoms with Gasteiger partial charge >= 0.3 is 0 Å². The molecule has 2 nitrogen and oxygen atoms in total. The van der Waals surface area contributed by atoms with Gasteiger partial charge in [0.1, 0.15) is 5.82 Å². The molecule has 114 valence electrons. The van der Waals surface area contributed by atoms with E-state index >= 15 is 0 Å². The fourth-order valence-corrected chi connectivity index (χ4v) is 2.39. The van der Waals surface area contributed by atoms with Crippen LogP contribution in [0.15, 0.2) is 72.8 Å². The van der Waals surface area contributed by atoms with Crippen LogP contribution in [0.4, 0.5) is 10.1 Å². The van der Waals surface area contributed by atoms with E-state index in [9.17, 15) is 9.18 Å². The Morgan fingerprint density at radius 3 is 2.17 bits per heavy atom. The van der Waals surface area contributed by atoms with E-state index in [4.69, 9.17) is 11.6 Å². The van der Waals surface area contributed by atoms with Gasteiger partial charge in [-0.2, -0.15) is 0 Å². The molecule has 0 fully saturated rings. The van der Waals surface area contributed by atoms with Crippen LogP contribution in [0.5, 0.6) is 0 Å². The number of amides is 1. The summed E-state index contributed by atoms with van der Waals surface area (Å²) in [5.74, 6) is -0.933. The van der Waals surface area contributed by atoms with Gasteiger partial charge in [-0.15, -0.1) is 0 Å². The lowest BCUT2D eigenvalue weighted by Gasteiger charge is -2.08. The molecule has 1 amide bonds. The molecule has 0 saturated heterocycles. The first-order valence-corrected chi connectivity index (χ1v) is 7.43. The Kier molecular flexibility index (Phi) is 4.40. The zero-order chi connectivity index (χ0) is 16.2. The Morgan fingerprint density at radius 1 is 0.870 bits per heavy atom. The maximum atomic E-state index is 13.7. The zero-order valence-corrected chi connectivity index (χ0v) is 12.8. The maximum Gasteiger partial charge on any atom is 0.255 e. The minimum Gasteiger partial charge on any atom is -0.319 e. The van der Waals surface area contributed by atoms with E-state index in [1.54, 1.807) is 12.1 Å². The number of carbonyl (C=O) groups is 1. The molecule has 0 aromatic heterocycles. The van der Waals surface area contributed by atoms with E-state index in [0.29, 0.717) is 5.56 Å². The summed E-state index contributed by atoms with van der Waals surface area (Å²) in [5.41, 5.74) is 2.65. The van der Waals surface area contributed by atoms with Crippen molar-refractivity contribution >= 4 is 23.2 Å². The van der Waals surface area contributed by atoms with Crippen molar-refractivity contribution in [3.63, 3.8) is 0 Å². The van der Waals surface area contributed by atoms with E-state index in [1.165, 1.54) is 12.1 Å². The van der Waals surface area contributed by atoms with Gasteiger partial charge in [0.25, 0.3) is 5.91 Å². The largest absolute Gasteiger partial charge is 0.319 e. The number of halogens is 2. The molecule has 0 bridgehead atoms. The second-order valence-corrected chi connectivity index (χ2v) is 5.46. The predicted molar refractivity (Wildman–Crippen MR) is 91.2 cm³/mol. The van der Waals surface area contributed by atoms with Gasteiger partial charge < -0.3 is 5.32 Å². The third-order valence-electron chi connectivity index (χ3n) is 3.43. The van der Waals surface area contributed by atoms with Crippen molar-refractivity contribution in [3.8, 4) is 11.1 Å². The van der Waals surface area contributed by atoms with Crippen LogP contribution >= 0.6 is 11.6 Å². The molecule has 0 radical (unpaired) electrons. The highest BCUT2D eigenvalue weighted by Crippen LogP contribution is 2.21. The van der Waals surface area contributed by atoms with Crippen LogP contribution in [0.1, 0.15) is 10.4 Å². The molecular formula is C19H13ClFNO. The monoisotopic (exact) mass is 325 g/mol. The number of hydrogen-bond acceptors (Lipinski definition) is 1. The van der Waals surface area contributed by atoms with Crippen molar-refractivity contribution in [2.75, 3.05) is 5.32 Å². The van der Waals surface area contributed by atoms with Gasteiger partial charge in [-0.25, -0.2) is 4.39 Å². The predicted octanol–water partition coefficient (Wildman–Crippen LogP) is 5.40. The SMILES string of the molecule is O=C(Nc1ccc(Cl)cc1F)c1ccc(-c2ccccc2)cc1. The Hall–Kier alpha value is -2.65. The molecule has 3 aromatic carbocycles. The molecule has 23 heavy (non-hydrogen) atoms. The normalized spacial score (nSPS) is 10.3. The summed E-state index contributed by atoms with van der Waals surface area (Å²) in [6.07, 6.45) is 0. The standard InChI is InChI=1S/C19H13ClFNO/c20-16-10-11-18(17(21)12-16)22-19(23)15-8-6-14(7-9-15)13-4-2-1-3-5-13/h1-12H,(H,22,23). The van der Waals surface area contributed by atoms with Crippen LogP contribution in [-0.2, 0) is 0 Å². The summed E-state index contributed by atoms with van der Waals surface area (Å²) >= 11 is 5.69. The first kappa shape index (κ1) is 15.3. The van der Waals surface area contributed by atoms with E-state index in [0.717, 1.165) is 17.2 Å². The van der Waals surface area contributed by atoms with Crippen molar-refractivity contribution in [1.29, 1.82) is 0 Å². The molecule has 0 atom stereocenters. The lowest BCUT2D eigenvalue weighted by atomic mass is 10.0. The molecule has 0 aliphatic rings. The highest BCUT2D eigenvalue weighted by Gasteiger charge is 2.10. The first-order chi connectivity index (χ1) is 11.1. The van der Waals surface area contributed by atoms with Crippen molar-refractivity contribution in [2.45, 2.75) is 0 Å². The molecular weight excluding hydrogens is 313 g/mol. The van der Waals surface area contributed by atoms with Crippen LogP contribution in [0.3, 0.4) is 0 Å². The van der Waals surface area contributed by atoms with Gasteiger partial charge in [0, 0.05) is 10.6 Å². The fraction of sp³-hybridized carbons (Fsp3) is 0. The van der Waals surface area contributed by atoms with E-state index < -0.39 is 5.82 Å². The van der Waals surface area contributed by atoms with E-state index in [2.05, 4.69) is 5.32 Å². The molecule has 4 heteroatoms. The summed E-state index contributed by atoms with van der Waals surface area (Å²) in [4.78, 5) is 12.2. The highest BCUT2D eigenvalue weighted by molar-refractivity contribution is 6.30. The van der Waals surface area contributed by atoms with Crippen LogP contribution in [-0.4, -0.2) is 5.91 Å². The van der Waals surface area contributed by atoms with Crippen LogP contribution in [0.2, 0.25) is 5.02 Å². The van der Waals surface area contributed by atoms with Gasteiger partial charge in [0.2, 0.25) is 0 Å². The first-order valence-electron chi connectivity index (χ1n) is 7.05. The van der Waals surface area contributed by atoms with E-state index in [-0.39, 0.29) is 16.6 Å². The molecule has 0 aliphatic carbocycles. The van der Waals surface area contributed by atoms with Crippen LogP contribution in [0.25, 0.3) is 11.1 Å². The van der Waals surface area contributed by atoms with Gasteiger partial charge in [-0.1, -0.05) is 54.1 Å². The topological polar surface area (TPSA) is 29.1 Å². The molecule has 3 aromatic rings. The Labute approximate surface area is 138 Å². The minimum atomic E-state index is -0.563. The molecule has 3 rings (SSSR count). The number of anilines is 1. The molecule has 1 N–H and O–H groups in total. The summed E-state index contributed by atoms with van der Waals surface area (Å²) in [7, 11) is 0. The lowest BCUT2D eigenvalue weighted by molar-refractivity contribution is 0.102. The summed E-state index contributed by atoms with van der Waals surface area (Å²) in [6, 6.07) is 21.1. The number of nitrogens with one attached hydrogen (secondary N) is 1. The number of hydrogen-bond donors (Lipinski definition) is 1. The number of benzene rings is 3. The smallest absolute Gasteiger partial charge is 0.255 e. The van der Waals surface area contributed by atoms with Gasteiger partial charge in [0.05, 0.1) is 5.69 Å². The third-order valence-corrected chi connectivity index (χ3v) is 3.67. The highest BCUT2D eigenvalue weighted by atomic mass is 35.5. The van der Waals surface area contributed by atoms with Crippen LogP contribution < -0.4 is 5.32 Å². The van der Waals surface area contributed by atoms with Crippen LogP contribution in [0, 0.1) is 5.82 Å². The third kappa shape index (κ3) is 3.58. The van der Waals surface area contributed by atoms with Gasteiger partial charge in [0.15, 0.2) is 0 Å². The van der Waals surface area contributed by atoms with E-state index in [1.807, 2.05) is 42.5 Å². The zero-order valence-electron chi connectivity index (χ0n) is 12.1. The Bertz CT molecular complexity index is 832. The molecule has 0 unspecified atom stereocenters. The molecule has 0 spiro atoms. The summed E-state index contributed by atoms with van der Waals surface area (Å²) in [6.45, 7) is 0. The van der Waals surface area contributed by atoms with Crippen molar-refractivity contribution < 1.29 is 9.18 Å². The second-order valence-electron chi connectivity index (χ2n) is 5.02. The Balaban J connectivity index is 1.78.